The Morgan fingerprint density at radius 2 is 1.79 bits per heavy atom. The molecule has 2 N–H and O–H groups in total. The summed E-state index contributed by atoms with van der Waals surface area (Å²) in [6.45, 7) is 3.52. The number of aliphatic hydroxyl groups excluding tert-OH is 2. The van der Waals surface area contributed by atoms with Crippen LogP contribution in [0.5, 0.6) is 0 Å². The molecule has 3 heteroatoms. The molecule has 0 heterocycles. The number of aliphatic hydroxyl groups is 2. The second kappa shape index (κ2) is 5.89. The first-order valence-electron chi connectivity index (χ1n) is 5.29. The zero-order chi connectivity index (χ0) is 10.6. The van der Waals surface area contributed by atoms with Crippen molar-refractivity contribution in [2.45, 2.75) is 49.1 Å². The molecule has 0 unspecified atom stereocenters. The Hall–Kier alpha value is 0.140. The van der Waals surface area contributed by atoms with Gasteiger partial charge in [-0.05, 0) is 18.8 Å². The summed E-state index contributed by atoms with van der Waals surface area (Å²) in [6.07, 6.45) is 6.18. The van der Waals surface area contributed by atoms with Crippen molar-refractivity contribution in [2.24, 2.45) is 5.92 Å². The number of hydrogen-bond donors (Lipinski definition) is 2. The van der Waals surface area contributed by atoms with E-state index in [1.165, 1.54) is 25.3 Å². The van der Waals surface area contributed by atoms with E-state index in [1.54, 1.807) is 0 Å². The molecular weight excluding hydrogens is 244 g/mol. The van der Waals surface area contributed by atoms with Crippen LogP contribution in [0.1, 0.15) is 32.1 Å². The summed E-state index contributed by atoms with van der Waals surface area (Å²) in [5, 5.41) is 19.5. The van der Waals surface area contributed by atoms with E-state index in [0.29, 0.717) is 5.92 Å². The summed E-state index contributed by atoms with van der Waals surface area (Å²) in [4.78, 5) is -0.275. The molecule has 0 amide bonds. The van der Waals surface area contributed by atoms with Crippen LogP contribution in [0.2, 0.25) is 0 Å². The number of alkyl halides is 1. The summed E-state index contributed by atoms with van der Waals surface area (Å²) in [7, 11) is 0. The summed E-state index contributed by atoms with van der Waals surface area (Å²) in [5.74, 6) is 0.336. The molecule has 1 aliphatic rings. The highest BCUT2D eigenvalue weighted by Gasteiger charge is 2.30. The van der Waals surface area contributed by atoms with Gasteiger partial charge in [0.1, 0.15) is 0 Å². The second-order valence-corrected chi connectivity index (χ2v) is 5.12. The topological polar surface area (TPSA) is 40.5 Å². The molecule has 1 fully saturated rings. The minimum absolute atomic E-state index is 0.275. The van der Waals surface area contributed by atoms with Gasteiger partial charge in [-0.25, -0.2) is 0 Å². The van der Waals surface area contributed by atoms with Crippen LogP contribution in [0, 0.1) is 5.92 Å². The van der Waals surface area contributed by atoms with E-state index in [9.17, 15) is 10.2 Å². The lowest BCUT2D eigenvalue weighted by Gasteiger charge is -2.30. The van der Waals surface area contributed by atoms with Crippen LogP contribution in [0.4, 0.5) is 0 Å². The molecule has 0 bridgehead atoms. The number of hydrogen-bond acceptors (Lipinski definition) is 2. The van der Waals surface area contributed by atoms with Crippen molar-refractivity contribution in [3.05, 3.63) is 12.7 Å². The minimum Gasteiger partial charge on any atom is -0.392 e. The smallest absolute Gasteiger partial charge is 0.0868 e. The van der Waals surface area contributed by atoms with Crippen LogP contribution in [0.15, 0.2) is 12.7 Å². The Morgan fingerprint density at radius 3 is 2.29 bits per heavy atom. The minimum atomic E-state index is -0.660. The zero-order valence-corrected chi connectivity index (χ0v) is 9.99. The molecule has 3 atom stereocenters. The maximum atomic E-state index is 9.99. The van der Waals surface area contributed by atoms with E-state index >= 15 is 0 Å². The SMILES string of the molecule is C=C[C@H](O)[C@@H](Br)[C@@H](O)C1CCCCC1. The van der Waals surface area contributed by atoms with Crippen LogP contribution < -0.4 is 0 Å². The molecule has 0 aliphatic heterocycles. The zero-order valence-electron chi connectivity index (χ0n) is 8.40. The largest absolute Gasteiger partial charge is 0.392 e. The van der Waals surface area contributed by atoms with Gasteiger partial charge in [-0.15, -0.1) is 6.58 Å². The Morgan fingerprint density at radius 1 is 1.21 bits per heavy atom. The van der Waals surface area contributed by atoms with Crippen LogP contribution in [-0.2, 0) is 0 Å². The van der Waals surface area contributed by atoms with Crippen molar-refractivity contribution in [3.8, 4) is 0 Å². The predicted molar refractivity (Wildman–Crippen MR) is 61.5 cm³/mol. The quantitative estimate of drug-likeness (QED) is 0.603. The van der Waals surface area contributed by atoms with Gasteiger partial charge in [-0.3, -0.25) is 0 Å². The average Bonchev–Trinajstić information content (AvgIpc) is 2.27. The van der Waals surface area contributed by atoms with Crippen LogP contribution in [-0.4, -0.2) is 27.2 Å². The molecular formula is C11H19BrO2. The van der Waals surface area contributed by atoms with E-state index < -0.39 is 12.2 Å². The molecule has 1 saturated carbocycles. The molecule has 1 aliphatic carbocycles. The molecule has 0 aromatic heterocycles. The van der Waals surface area contributed by atoms with Gasteiger partial charge in [0.25, 0.3) is 0 Å². The van der Waals surface area contributed by atoms with Gasteiger partial charge in [0.15, 0.2) is 0 Å². The maximum absolute atomic E-state index is 9.99. The van der Waals surface area contributed by atoms with E-state index in [4.69, 9.17) is 0 Å². The predicted octanol–water partition coefficient (Wildman–Crippen LogP) is 2.24. The van der Waals surface area contributed by atoms with Crippen LogP contribution in [0.3, 0.4) is 0 Å². The molecule has 0 spiro atoms. The standard InChI is InChI=1S/C11H19BrO2/c1-2-9(13)10(12)11(14)8-6-4-3-5-7-8/h2,8-11,13-14H,1,3-7H2/t9-,10+,11-/m0/s1. The maximum Gasteiger partial charge on any atom is 0.0868 e. The lowest BCUT2D eigenvalue weighted by atomic mass is 9.83. The first kappa shape index (κ1) is 12.2. The highest BCUT2D eigenvalue weighted by Crippen LogP contribution is 2.30. The second-order valence-electron chi connectivity index (χ2n) is 4.06. The Labute approximate surface area is 94.1 Å². The average molecular weight is 263 g/mol. The third-order valence-corrected chi connectivity index (χ3v) is 4.11. The number of halogens is 1. The van der Waals surface area contributed by atoms with Crippen LogP contribution >= 0.6 is 15.9 Å². The Balaban J connectivity index is 2.45. The van der Waals surface area contributed by atoms with Gasteiger partial charge in [0.2, 0.25) is 0 Å². The van der Waals surface area contributed by atoms with E-state index in [-0.39, 0.29) is 4.83 Å². The fourth-order valence-corrected chi connectivity index (χ4v) is 2.72. The molecule has 82 valence electrons. The molecule has 2 nitrogen and oxygen atoms in total. The molecule has 0 saturated heterocycles. The molecule has 14 heavy (non-hydrogen) atoms. The molecule has 1 rings (SSSR count). The number of rotatable bonds is 4. The van der Waals surface area contributed by atoms with E-state index in [2.05, 4.69) is 22.5 Å². The highest BCUT2D eigenvalue weighted by molar-refractivity contribution is 9.09. The monoisotopic (exact) mass is 262 g/mol. The van der Waals surface area contributed by atoms with Crippen molar-refractivity contribution in [1.29, 1.82) is 0 Å². The summed E-state index contributed by atoms with van der Waals surface area (Å²) < 4.78 is 0. The van der Waals surface area contributed by atoms with Crippen molar-refractivity contribution >= 4 is 15.9 Å². The molecule has 0 radical (unpaired) electrons. The van der Waals surface area contributed by atoms with Gasteiger partial charge < -0.3 is 10.2 Å². The van der Waals surface area contributed by atoms with E-state index in [1.807, 2.05) is 0 Å². The molecule has 0 aromatic rings. The Kier molecular flexibility index (Phi) is 5.13. The highest BCUT2D eigenvalue weighted by atomic mass is 79.9. The van der Waals surface area contributed by atoms with Crippen molar-refractivity contribution in [2.75, 3.05) is 0 Å². The Bertz CT molecular complexity index is 178. The van der Waals surface area contributed by atoms with Gasteiger partial charge in [-0.1, -0.05) is 41.3 Å². The van der Waals surface area contributed by atoms with Gasteiger partial charge in [-0.2, -0.15) is 0 Å². The summed E-state index contributed by atoms with van der Waals surface area (Å²) in [6, 6.07) is 0. The van der Waals surface area contributed by atoms with Crippen molar-refractivity contribution in [3.63, 3.8) is 0 Å². The summed E-state index contributed by atoms with van der Waals surface area (Å²) >= 11 is 3.33. The van der Waals surface area contributed by atoms with Gasteiger partial charge in [0.05, 0.1) is 17.0 Å². The first-order valence-corrected chi connectivity index (χ1v) is 6.21. The van der Waals surface area contributed by atoms with Gasteiger partial charge in [0, 0.05) is 0 Å². The lowest BCUT2D eigenvalue weighted by molar-refractivity contribution is 0.0534. The summed E-state index contributed by atoms with van der Waals surface area (Å²) in [5.41, 5.74) is 0. The van der Waals surface area contributed by atoms with Crippen LogP contribution in [0.25, 0.3) is 0 Å². The third-order valence-electron chi connectivity index (χ3n) is 3.03. The fourth-order valence-electron chi connectivity index (χ4n) is 2.07. The fraction of sp³-hybridized carbons (Fsp3) is 0.818. The molecule has 0 aromatic carbocycles. The lowest BCUT2D eigenvalue weighted by Crippen LogP contribution is -2.37. The normalized spacial score (nSPS) is 25.4. The van der Waals surface area contributed by atoms with Crippen molar-refractivity contribution < 1.29 is 10.2 Å². The first-order chi connectivity index (χ1) is 6.66. The van der Waals surface area contributed by atoms with Crippen molar-refractivity contribution in [1.82, 2.24) is 0 Å². The van der Waals surface area contributed by atoms with E-state index in [0.717, 1.165) is 12.8 Å². The van der Waals surface area contributed by atoms with Gasteiger partial charge >= 0.3 is 0 Å². The third kappa shape index (κ3) is 3.07.